The number of pyridine rings is 1. The van der Waals surface area contributed by atoms with E-state index in [9.17, 15) is 8.42 Å². The number of hydrogen-bond acceptors (Lipinski definition) is 4. The van der Waals surface area contributed by atoms with Crippen LogP contribution in [0.1, 0.15) is 27.7 Å². The van der Waals surface area contributed by atoms with Crippen molar-refractivity contribution in [1.82, 2.24) is 9.29 Å². The van der Waals surface area contributed by atoms with Gasteiger partial charge in [0, 0.05) is 18.8 Å². The van der Waals surface area contributed by atoms with Crippen molar-refractivity contribution in [1.29, 1.82) is 0 Å². The molecule has 0 aliphatic heterocycles. The molecule has 1 heterocycles. The van der Waals surface area contributed by atoms with Crippen molar-refractivity contribution in [2.24, 2.45) is 5.92 Å². The molecule has 0 atom stereocenters. The highest BCUT2D eigenvalue weighted by Crippen LogP contribution is 2.19. The van der Waals surface area contributed by atoms with Crippen LogP contribution in [0.3, 0.4) is 0 Å². The van der Waals surface area contributed by atoms with E-state index in [0.717, 1.165) is 0 Å². The summed E-state index contributed by atoms with van der Waals surface area (Å²) in [4.78, 5) is 4.02. The van der Waals surface area contributed by atoms with Gasteiger partial charge in [-0.05, 0) is 31.9 Å². The number of nitrogen functional groups attached to an aromatic ring is 1. The molecule has 0 amide bonds. The summed E-state index contributed by atoms with van der Waals surface area (Å²) in [6.45, 7) is 8.21. The predicted molar refractivity (Wildman–Crippen MR) is 72.5 cm³/mol. The molecule has 0 radical (unpaired) electrons. The Labute approximate surface area is 109 Å². The highest BCUT2D eigenvalue weighted by Gasteiger charge is 2.27. The molecule has 18 heavy (non-hydrogen) atoms. The smallest absolute Gasteiger partial charge is 0.244 e. The number of rotatable bonds is 5. The molecule has 0 saturated heterocycles. The molecule has 1 aromatic rings. The lowest BCUT2D eigenvalue weighted by atomic mass is 10.2. The van der Waals surface area contributed by atoms with Crippen molar-refractivity contribution < 1.29 is 8.42 Å². The second-order valence-electron chi connectivity index (χ2n) is 4.98. The zero-order valence-corrected chi connectivity index (χ0v) is 12.1. The van der Waals surface area contributed by atoms with Crippen molar-refractivity contribution in [3.63, 3.8) is 0 Å². The fraction of sp³-hybridized carbons (Fsp3) is 0.583. The van der Waals surface area contributed by atoms with Gasteiger partial charge in [0.1, 0.15) is 10.7 Å². The average Bonchev–Trinajstić information content (AvgIpc) is 2.25. The van der Waals surface area contributed by atoms with E-state index in [2.05, 4.69) is 4.98 Å². The van der Waals surface area contributed by atoms with Gasteiger partial charge >= 0.3 is 0 Å². The molecule has 0 unspecified atom stereocenters. The topological polar surface area (TPSA) is 76.3 Å². The summed E-state index contributed by atoms with van der Waals surface area (Å²) in [5, 5.41) is 0. The maximum atomic E-state index is 12.5. The summed E-state index contributed by atoms with van der Waals surface area (Å²) >= 11 is 0. The van der Waals surface area contributed by atoms with Gasteiger partial charge in [-0.3, -0.25) is 0 Å². The number of anilines is 1. The largest absolute Gasteiger partial charge is 0.384 e. The fourth-order valence-electron chi connectivity index (χ4n) is 1.63. The first-order valence-electron chi connectivity index (χ1n) is 5.98. The van der Waals surface area contributed by atoms with Gasteiger partial charge in [0.2, 0.25) is 10.0 Å². The van der Waals surface area contributed by atoms with Gasteiger partial charge < -0.3 is 5.73 Å². The molecule has 0 aliphatic carbocycles. The first kappa shape index (κ1) is 14.9. The van der Waals surface area contributed by atoms with Crippen molar-refractivity contribution in [2.45, 2.75) is 38.6 Å². The van der Waals surface area contributed by atoms with Crippen LogP contribution in [0.4, 0.5) is 5.82 Å². The summed E-state index contributed by atoms with van der Waals surface area (Å²) in [6, 6.07) is 2.91. The SMILES string of the molecule is CC(C)CN(C(C)C)S(=O)(=O)c1ccc(N)nc1. The summed E-state index contributed by atoms with van der Waals surface area (Å²) in [6.07, 6.45) is 1.31. The molecule has 0 saturated carbocycles. The summed E-state index contributed by atoms with van der Waals surface area (Å²) in [5.74, 6) is 0.581. The van der Waals surface area contributed by atoms with Crippen LogP contribution in [-0.2, 0) is 10.0 Å². The van der Waals surface area contributed by atoms with Crippen molar-refractivity contribution in [2.75, 3.05) is 12.3 Å². The summed E-state index contributed by atoms with van der Waals surface area (Å²) in [5.41, 5.74) is 5.47. The zero-order valence-electron chi connectivity index (χ0n) is 11.3. The molecule has 6 heteroatoms. The Morgan fingerprint density at radius 1 is 1.28 bits per heavy atom. The zero-order chi connectivity index (χ0) is 13.9. The monoisotopic (exact) mass is 271 g/mol. The highest BCUT2D eigenvalue weighted by atomic mass is 32.2. The normalized spacial score (nSPS) is 12.6. The van der Waals surface area contributed by atoms with Gasteiger partial charge in [0.05, 0.1) is 0 Å². The molecule has 5 nitrogen and oxygen atoms in total. The lowest BCUT2D eigenvalue weighted by Gasteiger charge is -2.27. The molecule has 1 aromatic heterocycles. The van der Waals surface area contributed by atoms with Crippen LogP contribution in [0.5, 0.6) is 0 Å². The maximum Gasteiger partial charge on any atom is 0.244 e. The van der Waals surface area contributed by atoms with Crippen LogP contribution in [0.25, 0.3) is 0 Å². The van der Waals surface area contributed by atoms with E-state index in [1.54, 1.807) is 0 Å². The minimum Gasteiger partial charge on any atom is -0.384 e. The van der Waals surface area contributed by atoms with Crippen LogP contribution in [0.15, 0.2) is 23.2 Å². The van der Waals surface area contributed by atoms with Crippen LogP contribution >= 0.6 is 0 Å². The molecule has 0 fully saturated rings. The molecule has 0 aromatic carbocycles. The number of nitrogens with two attached hydrogens (primary N) is 1. The minimum absolute atomic E-state index is 0.0880. The van der Waals surface area contributed by atoms with E-state index in [1.807, 2.05) is 27.7 Å². The Bertz CT molecular complexity index is 481. The third-order valence-corrected chi connectivity index (χ3v) is 4.51. The number of aromatic nitrogens is 1. The molecule has 0 spiro atoms. The third-order valence-electron chi connectivity index (χ3n) is 2.49. The van der Waals surface area contributed by atoms with Gasteiger partial charge in [0.25, 0.3) is 0 Å². The Morgan fingerprint density at radius 3 is 2.28 bits per heavy atom. The van der Waals surface area contributed by atoms with Gasteiger partial charge in [-0.25, -0.2) is 13.4 Å². The quantitative estimate of drug-likeness (QED) is 0.884. The molecule has 0 bridgehead atoms. The third kappa shape index (κ3) is 3.43. The molecular weight excluding hydrogens is 250 g/mol. The fourth-order valence-corrected chi connectivity index (χ4v) is 3.37. The summed E-state index contributed by atoms with van der Waals surface area (Å²) in [7, 11) is -3.50. The Morgan fingerprint density at radius 2 is 1.89 bits per heavy atom. The Hall–Kier alpha value is -1.14. The second-order valence-corrected chi connectivity index (χ2v) is 6.87. The first-order chi connectivity index (χ1) is 8.25. The predicted octanol–water partition coefficient (Wildman–Crippen LogP) is 1.72. The van der Waals surface area contributed by atoms with E-state index in [1.165, 1.54) is 22.6 Å². The Kier molecular flexibility index (Phi) is 4.70. The molecule has 102 valence electrons. The minimum atomic E-state index is -3.50. The standard InChI is InChI=1S/C12H21N3O2S/c1-9(2)8-15(10(3)4)18(16,17)11-5-6-12(13)14-7-11/h5-7,9-10H,8H2,1-4H3,(H2,13,14). The number of sulfonamides is 1. The van der Waals surface area contributed by atoms with Crippen molar-refractivity contribution in [3.8, 4) is 0 Å². The lowest BCUT2D eigenvalue weighted by Crippen LogP contribution is -2.39. The number of hydrogen-bond donors (Lipinski definition) is 1. The lowest BCUT2D eigenvalue weighted by molar-refractivity contribution is 0.319. The van der Waals surface area contributed by atoms with E-state index in [4.69, 9.17) is 5.73 Å². The van der Waals surface area contributed by atoms with Crippen LogP contribution < -0.4 is 5.73 Å². The Balaban J connectivity index is 3.13. The van der Waals surface area contributed by atoms with E-state index in [0.29, 0.717) is 12.4 Å². The van der Waals surface area contributed by atoms with E-state index in [-0.39, 0.29) is 16.9 Å². The van der Waals surface area contributed by atoms with Crippen LogP contribution in [0, 0.1) is 5.92 Å². The molecule has 2 N–H and O–H groups in total. The van der Waals surface area contributed by atoms with E-state index < -0.39 is 10.0 Å². The van der Waals surface area contributed by atoms with Crippen LogP contribution in [0.2, 0.25) is 0 Å². The molecular formula is C12H21N3O2S. The average molecular weight is 271 g/mol. The van der Waals surface area contributed by atoms with Crippen molar-refractivity contribution in [3.05, 3.63) is 18.3 Å². The maximum absolute atomic E-state index is 12.5. The van der Waals surface area contributed by atoms with Gasteiger partial charge in [0.15, 0.2) is 0 Å². The van der Waals surface area contributed by atoms with Gasteiger partial charge in [-0.2, -0.15) is 4.31 Å². The number of nitrogens with zero attached hydrogens (tertiary/aromatic N) is 2. The molecule has 1 rings (SSSR count). The second kappa shape index (κ2) is 5.67. The first-order valence-corrected chi connectivity index (χ1v) is 7.42. The van der Waals surface area contributed by atoms with Gasteiger partial charge in [-0.15, -0.1) is 0 Å². The van der Waals surface area contributed by atoms with Crippen LogP contribution in [-0.4, -0.2) is 30.3 Å². The van der Waals surface area contributed by atoms with Gasteiger partial charge in [-0.1, -0.05) is 13.8 Å². The highest BCUT2D eigenvalue weighted by molar-refractivity contribution is 7.89. The van der Waals surface area contributed by atoms with Crippen molar-refractivity contribution >= 4 is 15.8 Å². The summed E-state index contributed by atoms with van der Waals surface area (Å²) < 4.78 is 26.4. The van der Waals surface area contributed by atoms with E-state index >= 15 is 0 Å². The molecule has 0 aliphatic rings.